The number of para-hydroxylation sites is 1. The van der Waals surface area contributed by atoms with Crippen LogP contribution in [0.2, 0.25) is 0 Å². The van der Waals surface area contributed by atoms with E-state index in [1.807, 2.05) is 19.1 Å². The SMILES string of the molecule is CCCOc1ccc(C(=O)Nc2c(C(=O)c3ccc(OC)cc3)oc3ccccc23)cc1. The Morgan fingerprint density at radius 2 is 1.53 bits per heavy atom. The molecule has 4 aromatic rings. The third-order valence-electron chi connectivity index (χ3n) is 4.98. The number of nitrogens with one attached hydrogen (secondary N) is 1. The van der Waals surface area contributed by atoms with Gasteiger partial charge in [-0.1, -0.05) is 19.1 Å². The molecule has 0 radical (unpaired) electrons. The van der Waals surface area contributed by atoms with Crippen molar-refractivity contribution in [2.24, 2.45) is 0 Å². The summed E-state index contributed by atoms with van der Waals surface area (Å²) in [5.74, 6) is 0.746. The molecule has 0 unspecified atom stereocenters. The monoisotopic (exact) mass is 429 g/mol. The molecule has 4 rings (SSSR count). The molecule has 0 bridgehead atoms. The number of rotatable bonds is 8. The Bertz CT molecular complexity index is 1240. The summed E-state index contributed by atoms with van der Waals surface area (Å²) in [4.78, 5) is 26.2. The van der Waals surface area contributed by atoms with E-state index in [9.17, 15) is 9.59 Å². The van der Waals surface area contributed by atoms with E-state index in [2.05, 4.69) is 5.32 Å². The zero-order chi connectivity index (χ0) is 22.5. The molecule has 0 aliphatic heterocycles. The quantitative estimate of drug-likeness (QED) is 0.363. The van der Waals surface area contributed by atoms with Gasteiger partial charge >= 0.3 is 0 Å². The van der Waals surface area contributed by atoms with Gasteiger partial charge in [0.15, 0.2) is 5.76 Å². The van der Waals surface area contributed by atoms with Gasteiger partial charge in [0.25, 0.3) is 5.91 Å². The molecule has 0 saturated carbocycles. The van der Waals surface area contributed by atoms with Gasteiger partial charge < -0.3 is 19.2 Å². The van der Waals surface area contributed by atoms with E-state index in [-0.39, 0.29) is 17.5 Å². The Balaban J connectivity index is 1.65. The zero-order valence-electron chi connectivity index (χ0n) is 17.9. The van der Waals surface area contributed by atoms with Crippen LogP contribution in [0.5, 0.6) is 11.5 Å². The van der Waals surface area contributed by atoms with Gasteiger partial charge in [0, 0.05) is 16.5 Å². The molecule has 162 valence electrons. The first-order chi connectivity index (χ1) is 15.6. The maximum Gasteiger partial charge on any atom is 0.255 e. The number of methoxy groups -OCH3 is 1. The molecule has 1 aromatic heterocycles. The van der Waals surface area contributed by atoms with Crippen LogP contribution in [-0.2, 0) is 0 Å². The van der Waals surface area contributed by atoms with Crippen molar-refractivity contribution in [2.45, 2.75) is 13.3 Å². The third kappa shape index (κ3) is 4.34. The average Bonchev–Trinajstić information content (AvgIpc) is 3.21. The Hall–Kier alpha value is -4.06. The number of amides is 1. The van der Waals surface area contributed by atoms with Crippen molar-refractivity contribution < 1.29 is 23.5 Å². The average molecular weight is 429 g/mol. The van der Waals surface area contributed by atoms with E-state index >= 15 is 0 Å². The second-order valence-corrected chi connectivity index (χ2v) is 7.19. The lowest BCUT2D eigenvalue weighted by molar-refractivity contribution is 0.101. The van der Waals surface area contributed by atoms with Crippen molar-refractivity contribution in [1.82, 2.24) is 0 Å². The fraction of sp³-hybridized carbons (Fsp3) is 0.154. The predicted molar refractivity (Wildman–Crippen MR) is 123 cm³/mol. The van der Waals surface area contributed by atoms with Crippen molar-refractivity contribution in [2.75, 3.05) is 19.0 Å². The highest BCUT2D eigenvalue weighted by Crippen LogP contribution is 2.33. The summed E-state index contributed by atoms with van der Waals surface area (Å²) in [5, 5.41) is 3.52. The largest absolute Gasteiger partial charge is 0.497 e. The van der Waals surface area contributed by atoms with E-state index in [4.69, 9.17) is 13.9 Å². The number of carbonyl (C=O) groups excluding carboxylic acids is 2. The summed E-state index contributed by atoms with van der Waals surface area (Å²) in [5.41, 5.74) is 1.74. The van der Waals surface area contributed by atoms with Crippen LogP contribution in [0.1, 0.15) is 39.8 Å². The van der Waals surface area contributed by atoms with Crippen LogP contribution >= 0.6 is 0 Å². The van der Waals surface area contributed by atoms with Crippen molar-refractivity contribution >= 4 is 28.3 Å². The Morgan fingerprint density at radius 3 is 2.22 bits per heavy atom. The summed E-state index contributed by atoms with van der Waals surface area (Å²) in [6.07, 6.45) is 0.904. The maximum atomic E-state index is 13.2. The van der Waals surface area contributed by atoms with E-state index in [0.717, 1.165) is 6.42 Å². The second kappa shape index (κ2) is 9.39. The summed E-state index contributed by atoms with van der Waals surface area (Å²) in [6, 6.07) is 20.8. The van der Waals surface area contributed by atoms with Crippen LogP contribution in [0.3, 0.4) is 0 Å². The molecule has 0 spiro atoms. The van der Waals surface area contributed by atoms with Crippen molar-refractivity contribution in [3.05, 3.63) is 89.7 Å². The van der Waals surface area contributed by atoms with Crippen molar-refractivity contribution in [1.29, 1.82) is 0 Å². The van der Waals surface area contributed by atoms with Crippen LogP contribution in [0.25, 0.3) is 11.0 Å². The minimum absolute atomic E-state index is 0.0765. The molecular formula is C26H23NO5. The van der Waals surface area contributed by atoms with Crippen LogP contribution < -0.4 is 14.8 Å². The lowest BCUT2D eigenvalue weighted by atomic mass is 10.1. The van der Waals surface area contributed by atoms with E-state index in [0.29, 0.717) is 45.9 Å². The number of furan rings is 1. The summed E-state index contributed by atoms with van der Waals surface area (Å²) in [6.45, 7) is 2.64. The number of carbonyl (C=O) groups is 2. The number of benzene rings is 3. The summed E-state index contributed by atoms with van der Waals surface area (Å²) in [7, 11) is 1.56. The normalized spacial score (nSPS) is 10.7. The van der Waals surface area contributed by atoms with Gasteiger partial charge in [-0.05, 0) is 67.1 Å². The molecule has 0 aliphatic carbocycles. The Labute approximate surface area is 185 Å². The Morgan fingerprint density at radius 1 is 0.875 bits per heavy atom. The molecule has 0 fully saturated rings. The number of ether oxygens (including phenoxy) is 2. The van der Waals surface area contributed by atoms with Gasteiger partial charge in [-0.2, -0.15) is 0 Å². The minimum atomic E-state index is -0.345. The summed E-state index contributed by atoms with van der Waals surface area (Å²) < 4.78 is 16.6. The summed E-state index contributed by atoms with van der Waals surface area (Å²) >= 11 is 0. The number of anilines is 1. The number of hydrogen-bond donors (Lipinski definition) is 1. The molecule has 3 aromatic carbocycles. The van der Waals surface area contributed by atoms with Gasteiger partial charge in [0.1, 0.15) is 17.1 Å². The standard InChI is InChI=1S/C26H23NO5/c1-3-16-31-20-14-10-18(11-15-20)26(29)27-23-21-6-4-5-7-22(21)32-25(23)24(28)17-8-12-19(30-2)13-9-17/h4-15H,3,16H2,1-2H3,(H,27,29). The van der Waals surface area contributed by atoms with Crippen molar-refractivity contribution in [3.63, 3.8) is 0 Å². The highest BCUT2D eigenvalue weighted by Gasteiger charge is 2.24. The predicted octanol–water partition coefficient (Wildman–Crippen LogP) is 5.71. The first-order valence-electron chi connectivity index (χ1n) is 10.3. The second-order valence-electron chi connectivity index (χ2n) is 7.19. The Kier molecular flexibility index (Phi) is 6.22. The molecule has 0 saturated heterocycles. The molecule has 0 aliphatic rings. The highest BCUT2D eigenvalue weighted by molar-refractivity contribution is 6.18. The lowest BCUT2D eigenvalue weighted by Gasteiger charge is -2.08. The van der Waals surface area contributed by atoms with Gasteiger partial charge in [0.05, 0.1) is 19.4 Å². The van der Waals surface area contributed by atoms with Crippen LogP contribution in [0, 0.1) is 0 Å². The highest BCUT2D eigenvalue weighted by atomic mass is 16.5. The molecule has 32 heavy (non-hydrogen) atoms. The van der Waals surface area contributed by atoms with E-state index in [1.54, 1.807) is 67.8 Å². The zero-order valence-corrected chi connectivity index (χ0v) is 17.9. The molecule has 1 amide bonds. The minimum Gasteiger partial charge on any atom is -0.497 e. The van der Waals surface area contributed by atoms with Gasteiger partial charge in [-0.15, -0.1) is 0 Å². The van der Waals surface area contributed by atoms with Gasteiger partial charge in [-0.25, -0.2) is 0 Å². The number of hydrogen-bond acceptors (Lipinski definition) is 5. The maximum absolute atomic E-state index is 13.2. The third-order valence-corrected chi connectivity index (χ3v) is 4.98. The van der Waals surface area contributed by atoms with Crippen LogP contribution in [0.15, 0.2) is 77.2 Å². The topological polar surface area (TPSA) is 77.8 Å². The molecule has 0 atom stereocenters. The fourth-order valence-corrected chi connectivity index (χ4v) is 3.31. The van der Waals surface area contributed by atoms with Crippen LogP contribution in [-0.4, -0.2) is 25.4 Å². The molecule has 6 heteroatoms. The molecular weight excluding hydrogens is 406 g/mol. The van der Waals surface area contributed by atoms with E-state index < -0.39 is 0 Å². The smallest absolute Gasteiger partial charge is 0.255 e. The molecule has 6 nitrogen and oxygen atoms in total. The van der Waals surface area contributed by atoms with Gasteiger partial charge in [0.2, 0.25) is 5.78 Å². The lowest BCUT2D eigenvalue weighted by Crippen LogP contribution is -2.14. The van der Waals surface area contributed by atoms with E-state index in [1.165, 1.54) is 0 Å². The number of fused-ring (bicyclic) bond motifs is 1. The first kappa shape index (κ1) is 21.2. The van der Waals surface area contributed by atoms with Gasteiger partial charge in [-0.3, -0.25) is 9.59 Å². The molecule has 1 N–H and O–H groups in total. The van der Waals surface area contributed by atoms with Crippen LogP contribution in [0.4, 0.5) is 5.69 Å². The van der Waals surface area contributed by atoms with Crippen molar-refractivity contribution in [3.8, 4) is 11.5 Å². The fourth-order valence-electron chi connectivity index (χ4n) is 3.31. The first-order valence-corrected chi connectivity index (χ1v) is 10.3. The molecule has 1 heterocycles. The number of ketones is 1.